The molecule has 0 radical (unpaired) electrons. The third-order valence-corrected chi connectivity index (χ3v) is 7.97. The number of halogens is 3. The Bertz CT molecular complexity index is 1480. The highest BCUT2D eigenvalue weighted by Crippen LogP contribution is 2.40. The molecule has 2 saturated heterocycles. The van der Waals surface area contributed by atoms with Crippen LogP contribution < -0.4 is 15.4 Å². The van der Waals surface area contributed by atoms with Gasteiger partial charge in [-0.2, -0.15) is 13.2 Å². The van der Waals surface area contributed by atoms with Gasteiger partial charge in [0.1, 0.15) is 17.2 Å². The Morgan fingerprint density at radius 2 is 1.83 bits per heavy atom. The first-order valence-corrected chi connectivity index (χ1v) is 13.5. The summed E-state index contributed by atoms with van der Waals surface area (Å²) in [4.78, 5) is 48.7. The lowest BCUT2D eigenvalue weighted by Crippen LogP contribution is -2.69. The summed E-state index contributed by atoms with van der Waals surface area (Å²) >= 11 is 1.39. The molecule has 1 aromatic carbocycles. The van der Waals surface area contributed by atoms with Gasteiger partial charge in [0, 0.05) is 42.1 Å². The highest BCUT2D eigenvalue weighted by atomic mass is 32.2. The molecule has 11 nitrogen and oxygen atoms in total. The molecule has 0 saturated carbocycles. The molecule has 3 aliphatic rings. The van der Waals surface area contributed by atoms with E-state index >= 15 is 0 Å². The van der Waals surface area contributed by atoms with Crippen LogP contribution in [-0.4, -0.2) is 73.7 Å². The topological polar surface area (TPSA) is 168 Å². The van der Waals surface area contributed by atoms with Crippen molar-refractivity contribution in [2.24, 2.45) is 5.73 Å². The van der Waals surface area contributed by atoms with Crippen LogP contribution in [0.1, 0.15) is 17.5 Å². The van der Waals surface area contributed by atoms with Crippen LogP contribution in [0.3, 0.4) is 0 Å². The van der Waals surface area contributed by atoms with Gasteiger partial charge in [0.15, 0.2) is 18.9 Å². The number of hydrogen-bond acceptors (Lipinski definition) is 8. The molecule has 4 heterocycles. The molecule has 3 aliphatic heterocycles. The monoisotopic (exact) mass is 606 g/mol. The first-order valence-electron chi connectivity index (χ1n) is 12.5. The number of hydrogen-bond donors (Lipinski definition) is 3. The van der Waals surface area contributed by atoms with Crippen molar-refractivity contribution in [3.8, 4) is 5.75 Å². The number of likely N-dealkylation sites (tertiary alicyclic amines) is 1. The van der Waals surface area contributed by atoms with E-state index in [9.17, 15) is 37.8 Å². The zero-order valence-corrected chi connectivity index (χ0v) is 22.6. The molecule has 42 heavy (non-hydrogen) atoms. The number of aromatic hydroxyl groups is 1. The zero-order valence-electron chi connectivity index (χ0n) is 21.8. The van der Waals surface area contributed by atoms with E-state index in [1.54, 1.807) is 29.2 Å². The van der Waals surface area contributed by atoms with Crippen LogP contribution in [0.2, 0.25) is 0 Å². The molecule has 0 unspecified atom stereocenters. The number of carboxylic acids is 2. The first-order chi connectivity index (χ1) is 19.8. The number of β-lactam (4-membered cyclic amide) rings is 1. The maximum absolute atomic E-state index is 13.0. The number of benzene rings is 1. The van der Waals surface area contributed by atoms with E-state index in [2.05, 4.69) is 0 Å². The fourth-order valence-corrected chi connectivity index (χ4v) is 5.84. The molecule has 0 aliphatic carbocycles. The van der Waals surface area contributed by atoms with E-state index < -0.39 is 35.4 Å². The third-order valence-electron chi connectivity index (χ3n) is 6.65. The van der Waals surface area contributed by atoms with Crippen molar-refractivity contribution in [3.63, 3.8) is 0 Å². The number of phenolic OH excluding ortho intramolecular Hbond substituents is 1. The van der Waals surface area contributed by atoms with Gasteiger partial charge < -0.3 is 30.7 Å². The average molecular weight is 607 g/mol. The second kappa shape index (κ2) is 12.2. The fourth-order valence-electron chi connectivity index (χ4n) is 4.59. The van der Waals surface area contributed by atoms with Gasteiger partial charge in [-0.3, -0.25) is 14.5 Å². The number of nitrogens with two attached hydrogens (primary N) is 1. The molecule has 222 valence electrons. The number of nitrogens with zero attached hydrogens (tertiary/aromatic N) is 3. The van der Waals surface area contributed by atoms with Gasteiger partial charge in [-0.05, 0) is 35.8 Å². The second-order valence-electron chi connectivity index (χ2n) is 9.59. The summed E-state index contributed by atoms with van der Waals surface area (Å²) in [5.41, 5.74) is 8.47. The van der Waals surface area contributed by atoms with E-state index in [0.717, 1.165) is 11.1 Å². The second-order valence-corrected chi connectivity index (χ2v) is 10.7. The maximum Gasteiger partial charge on any atom is 0.490 e. The lowest BCUT2D eigenvalue weighted by molar-refractivity contribution is -0.688. The Hall–Kier alpha value is -4.37. The van der Waals surface area contributed by atoms with Crippen LogP contribution in [0, 0.1) is 0 Å². The number of allylic oxidation sites excluding steroid dienone is 1. The number of pyridine rings is 1. The Balaban J connectivity index is 0.000000517. The Kier molecular flexibility index (Phi) is 8.92. The average Bonchev–Trinajstić information content (AvgIpc) is 3.27. The van der Waals surface area contributed by atoms with Crippen LogP contribution in [0.15, 0.2) is 71.7 Å². The number of carbonyl (C=O) groups is 4. The lowest BCUT2D eigenvalue weighted by Gasteiger charge is -2.49. The Labute approximate surface area is 241 Å². The minimum atomic E-state index is -5.08. The summed E-state index contributed by atoms with van der Waals surface area (Å²) < 4.78 is 33.7. The maximum atomic E-state index is 13.0. The highest BCUT2D eigenvalue weighted by Gasteiger charge is 2.50. The minimum absolute atomic E-state index is 0.148. The van der Waals surface area contributed by atoms with Crippen molar-refractivity contribution in [2.45, 2.75) is 37.1 Å². The molecule has 15 heteroatoms. The molecule has 0 bridgehead atoms. The molecule has 2 amide bonds. The molecule has 0 spiro atoms. The Morgan fingerprint density at radius 3 is 2.43 bits per heavy atom. The standard InChI is InChI=1S/C25H24N4O5S.C2HF3O2/c26-20-23(32)29-21(25(33)34)18(14-35-24(20)29)11-17-6-9-28(22(17)31)13-15-4-7-27(8-5-15)12-16-2-1-3-19(30)10-16;3-2(4,5)1(6)7/h1-5,7-8,10-11,20,24H,6,9,12-14,26H2,(H-,30,33,34);(H,6,7)/b17-11+;/t20-,24-;/m1./s1. The van der Waals surface area contributed by atoms with E-state index in [-0.39, 0.29) is 17.4 Å². The normalized spacial score (nSPS) is 21.1. The number of carbonyl (C=O) groups excluding carboxylic acids is 3. The van der Waals surface area contributed by atoms with Crippen molar-refractivity contribution >= 4 is 35.5 Å². The minimum Gasteiger partial charge on any atom is -0.543 e. The molecule has 2 fully saturated rings. The first kappa shape index (κ1) is 30.6. The predicted molar refractivity (Wildman–Crippen MR) is 139 cm³/mol. The lowest BCUT2D eigenvalue weighted by atomic mass is 10.0. The molecule has 1 aromatic heterocycles. The van der Waals surface area contributed by atoms with E-state index in [1.165, 1.54) is 16.7 Å². The van der Waals surface area contributed by atoms with Gasteiger partial charge in [0.05, 0.1) is 11.7 Å². The number of alkyl halides is 3. The van der Waals surface area contributed by atoms with Crippen molar-refractivity contribution in [1.29, 1.82) is 0 Å². The number of rotatable bonds is 6. The van der Waals surface area contributed by atoms with Gasteiger partial charge >= 0.3 is 12.1 Å². The summed E-state index contributed by atoms with van der Waals surface area (Å²) in [5, 5.41) is 28.1. The fraction of sp³-hybridized carbons (Fsp3) is 0.296. The SMILES string of the molecule is N[C@@H]1C(=O)N2C(C(=O)[O-])=C(/C=C3\CCN(Cc4cc[n+](Cc5cccc(O)c5)cc4)C3=O)CS[C@H]12.O=C(O)C(F)(F)F. The van der Waals surface area contributed by atoms with Gasteiger partial charge in [-0.25, -0.2) is 9.36 Å². The van der Waals surface area contributed by atoms with Crippen LogP contribution >= 0.6 is 11.8 Å². The van der Waals surface area contributed by atoms with Gasteiger partial charge in [-0.1, -0.05) is 12.1 Å². The zero-order chi connectivity index (χ0) is 30.8. The van der Waals surface area contributed by atoms with Gasteiger partial charge in [0.2, 0.25) is 11.8 Å². The Morgan fingerprint density at radius 1 is 1.17 bits per heavy atom. The number of phenols is 1. The van der Waals surface area contributed by atoms with Gasteiger partial charge in [-0.15, -0.1) is 11.8 Å². The summed E-state index contributed by atoms with van der Waals surface area (Å²) in [6.45, 7) is 1.58. The van der Waals surface area contributed by atoms with E-state index in [1.807, 2.05) is 35.2 Å². The third kappa shape index (κ3) is 6.74. The highest BCUT2D eigenvalue weighted by molar-refractivity contribution is 8.00. The number of fused-ring (bicyclic) bond motifs is 1. The van der Waals surface area contributed by atoms with Crippen molar-refractivity contribution < 1.29 is 52.2 Å². The summed E-state index contributed by atoms with van der Waals surface area (Å²) in [6, 6.07) is 10.3. The number of aliphatic carboxylic acids is 2. The summed E-state index contributed by atoms with van der Waals surface area (Å²) in [6.07, 6.45) is 0.868. The van der Waals surface area contributed by atoms with Crippen molar-refractivity contribution in [3.05, 3.63) is 82.8 Å². The molecule has 2 aromatic rings. The van der Waals surface area contributed by atoms with Crippen LogP contribution in [0.4, 0.5) is 13.2 Å². The molecule has 4 N–H and O–H groups in total. The molecule has 2 atom stereocenters. The van der Waals surface area contributed by atoms with E-state index in [0.29, 0.717) is 43.0 Å². The molecular weight excluding hydrogens is 581 g/mol. The van der Waals surface area contributed by atoms with Crippen LogP contribution in [0.25, 0.3) is 0 Å². The smallest absolute Gasteiger partial charge is 0.490 e. The van der Waals surface area contributed by atoms with Gasteiger partial charge in [0.25, 0.3) is 0 Å². The van der Waals surface area contributed by atoms with Crippen LogP contribution in [-0.2, 0) is 32.3 Å². The summed E-state index contributed by atoms with van der Waals surface area (Å²) in [7, 11) is 0. The number of aromatic nitrogens is 1. The predicted octanol–water partition coefficient (Wildman–Crippen LogP) is 0.266. The number of thioether (sulfide) groups is 1. The van der Waals surface area contributed by atoms with Crippen LogP contribution in [0.5, 0.6) is 5.75 Å². The summed E-state index contributed by atoms with van der Waals surface area (Å²) in [5.74, 6) is -4.21. The largest absolute Gasteiger partial charge is 0.543 e. The molecular formula is C27H25F3N4O7S. The number of amides is 2. The number of carboxylic acid groups (broad SMARTS) is 2. The van der Waals surface area contributed by atoms with Crippen molar-refractivity contribution in [1.82, 2.24) is 9.80 Å². The quantitative estimate of drug-likeness (QED) is 0.237. The van der Waals surface area contributed by atoms with Crippen molar-refractivity contribution in [2.75, 3.05) is 12.3 Å². The molecule has 5 rings (SSSR count). The van der Waals surface area contributed by atoms with E-state index in [4.69, 9.17) is 15.6 Å².